The number of rotatable bonds is 10. The zero-order valence-corrected chi connectivity index (χ0v) is 13.5. The molecule has 1 aromatic heterocycles. The molecule has 1 N–H and O–H groups in total. The number of unbranched alkanes of at least 4 members (excludes halogenated alkanes) is 7. The summed E-state index contributed by atoms with van der Waals surface area (Å²) < 4.78 is 8.09. The number of nitrogens with zero attached hydrogens (tertiary/aromatic N) is 2. The van der Waals surface area contributed by atoms with Crippen LogP contribution >= 0.6 is 0 Å². The van der Waals surface area contributed by atoms with Crippen LogP contribution in [0.5, 0.6) is 0 Å². The number of hydrogen-bond acceptors (Lipinski definition) is 3. The van der Waals surface area contributed by atoms with Crippen molar-refractivity contribution in [3.05, 3.63) is 18.2 Å². The molecule has 0 saturated carbocycles. The Morgan fingerprint density at radius 2 is 1.95 bits per heavy atom. The van der Waals surface area contributed by atoms with Crippen LogP contribution in [-0.4, -0.2) is 29.2 Å². The van der Waals surface area contributed by atoms with E-state index < -0.39 is 0 Å². The summed E-state index contributed by atoms with van der Waals surface area (Å²) in [6.45, 7) is 6.01. The topological polar surface area (TPSA) is 39.1 Å². The van der Waals surface area contributed by atoms with Crippen LogP contribution in [0.3, 0.4) is 0 Å². The summed E-state index contributed by atoms with van der Waals surface area (Å²) >= 11 is 0. The van der Waals surface area contributed by atoms with Gasteiger partial charge in [-0.1, -0.05) is 51.9 Å². The Labute approximate surface area is 129 Å². The summed E-state index contributed by atoms with van der Waals surface area (Å²) in [5, 5.41) is 3.38. The van der Waals surface area contributed by atoms with Gasteiger partial charge >= 0.3 is 0 Å². The van der Waals surface area contributed by atoms with Crippen LogP contribution in [0.2, 0.25) is 0 Å². The third kappa shape index (κ3) is 5.79. The van der Waals surface area contributed by atoms with E-state index in [9.17, 15) is 0 Å². The van der Waals surface area contributed by atoms with E-state index in [-0.39, 0.29) is 6.10 Å². The van der Waals surface area contributed by atoms with E-state index in [0.29, 0.717) is 0 Å². The quantitative estimate of drug-likeness (QED) is 0.669. The molecule has 0 amide bonds. The van der Waals surface area contributed by atoms with Gasteiger partial charge in [0.2, 0.25) is 0 Å². The number of nitrogens with one attached hydrogen (secondary N) is 1. The SMILES string of the molecule is CCCCCCCCCCn1cncc1C1CNCCO1. The van der Waals surface area contributed by atoms with Crippen molar-refractivity contribution < 1.29 is 4.74 Å². The Morgan fingerprint density at radius 1 is 1.19 bits per heavy atom. The van der Waals surface area contributed by atoms with Crippen molar-refractivity contribution in [3.63, 3.8) is 0 Å². The van der Waals surface area contributed by atoms with Gasteiger partial charge < -0.3 is 14.6 Å². The monoisotopic (exact) mass is 293 g/mol. The van der Waals surface area contributed by atoms with Gasteiger partial charge in [0, 0.05) is 19.6 Å². The number of ether oxygens (including phenoxy) is 1. The fourth-order valence-corrected chi connectivity index (χ4v) is 2.96. The maximum Gasteiger partial charge on any atom is 0.111 e. The van der Waals surface area contributed by atoms with E-state index in [0.717, 1.165) is 26.2 Å². The lowest BCUT2D eigenvalue weighted by Gasteiger charge is -2.24. The summed E-state index contributed by atoms with van der Waals surface area (Å²) in [6, 6.07) is 0. The smallest absolute Gasteiger partial charge is 0.111 e. The Hall–Kier alpha value is -0.870. The van der Waals surface area contributed by atoms with Crippen LogP contribution in [0.1, 0.15) is 70.1 Å². The summed E-state index contributed by atoms with van der Waals surface area (Å²) in [7, 11) is 0. The molecule has 1 aliphatic rings. The summed E-state index contributed by atoms with van der Waals surface area (Å²) in [5.41, 5.74) is 1.23. The van der Waals surface area contributed by atoms with E-state index >= 15 is 0 Å². The van der Waals surface area contributed by atoms with Crippen molar-refractivity contribution in [1.82, 2.24) is 14.9 Å². The molecule has 0 aromatic carbocycles. The molecule has 1 unspecified atom stereocenters. The van der Waals surface area contributed by atoms with Crippen LogP contribution in [0.25, 0.3) is 0 Å². The maximum absolute atomic E-state index is 5.82. The van der Waals surface area contributed by atoms with Crippen molar-refractivity contribution in [2.45, 2.75) is 70.9 Å². The lowest BCUT2D eigenvalue weighted by molar-refractivity contribution is 0.0227. The Bertz CT molecular complexity index is 372. The van der Waals surface area contributed by atoms with Gasteiger partial charge in [-0.2, -0.15) is 0 Å². The van der Waals surface area contributed by atoms with Gasteiger partial charge in [0.25, 0.3) is 0 Å². The molecule has 0 bridgehead atoms. The van der Waals surface area contributed by atoms with Gasteiger partial charge in [0.15, 0.2) is 0 Å². The highest BCUT2D eigenvalue weighted by Crippen LogP contribution is 2.19. The molecule has 120 valence electrons. The average Bonchev–Trinajstić information content (AvgIpc) is 2.99. The van der Waals surface area contributed by atoms with Gasteiger partial charge in [-0.05, 0) is 6.42 Å². The molecule has 1 aromatic rings. The highest BCUT2D eigenvalue weighted by molar-refractivity contribution is 5.04. The molecule has 21 heavy (non-hydrogen) atoms. The highest BCUT2D eigenvalue weighted by atomic mass is 16.5. The van der Waals surface area contributed by atoms with E-state index in [1.54, 1.807) is 0 Å². The number of aromatic nitrogens is 2. The molecule has 1 aliphatic heterocycles. The van der Waals surface area contributed by atoms with Crippen molar-refractivity contribution in [3.8, 4) is 0 Å². The largest absolute Gasteiger partial charge is 0.369 e. The van der Waals surface area contributed by atoms with Crippen molar-refractivity contribution >= 4 is 0 Å². The van der Waals surface area contributed by atoms with Gasteiger partial charge in [-0.3, -0.25) is 0 Å². The first-order chi connectivity index (χ1) is 10.4. The first-order valence-corrected chi connectivity index (χ1v) is 8.74. The molecule has 4 heteroatoms. The van der Waals surface area contributed by atoms with E-state index in [4.69, 9.17) is 4.74 Å². The van der Waals surface area contributed by atoms with Crippen molar-refractivity contribution in [2.75, 3.05) is 19.7 Å². The summed E-state index contributed by atoms with van der Waals surface area (Å²) in [5.74, 6) is 0. The van der Waals surface area contributed by atoms with E-state index in [1.165, 1.54) is 57.1 Å². The predicted molar refractivity (Wildman–Crippen MR) is 86.4 cm³/mol. The van der Waals surface area contributed by atoms with Crippen LogP contribution in [-0.2, 0) is 11.3 Å². The molecule has 1 fully saturated rings. The number of hydrogen-bond donors (Lipinski definition) is 1. The number of imidazole rings is 1. The Kier molecular flexibility index (Phi) is 7.82. The summed E-state index contributed by atoms with van der Waals surface area (Å²) in [6.07, 6.45) is 15.0. The Balaban J connectivity index is 1.61. The molecule has 0 spiro atoms. The highest BCUT2D eigenvalue weighted by Gasteiger charge is 2.19. The first-order valence-electron chi connectivity index (χ1n) is 8.74. The second kappa shape index (κ2) is 9.96. The minimum atomic E-state index is 0.176. The lowest BCUT2D eigenvalue weighted by Crippen LogP contribution is -2.34. The molecule has 2 rings (SSSR count). The lowest BCUT2D eigenvalue weighted by atomic mass is 10.1. The number of morpholine rings is 1. The van der Waals surface area contributed by atoms with Crippen LogP contribution in [0.4, 0.5) is 0 Å². The van der Waals surface area contributed by atoms with Gasteiger partial charge in [-0.25, -0.2) is 4.98 Å². The second-order valence-corrected chi connectivity index (χ2v) is 6.05. The van der Waals surface area contributed by atoms with Crippen LogP contribution in [0.15, 0.2) is 12.5 Å². The molecule has 4 nitrogen and oxygen atoms in total. The fourth-order valence-electron chi connectivity index (χ4n) is 2.96. The number of aryl methyl sites for hydroxylation is 1. The van der Waals surface area contributed by atoms with Gasteiger partial charge in [0.05, 0.1) is 24.8 Å². The predicted octanol–water partition coefficient (Wildman–Crippen LogP) is 3.68. The average molecular weight is 293 g/mol. The van der Waals surface area contributed by atoms with E-state index in [2.05, 4.69) is 21.8 Å². The molecule has 2 heterocycles. The molecule has 0 radical (unpaired) electrons. The zero-order chi connectivity index (χ0) is 14.8. The summed E-state index contributed by atoms with van der Waals surface area (Å²) in [4.78, 5) is 4.30. The maximum atomic E-state index is 5.82. The van der Waals surface area contributed by atoms with Crippen LogP contribution < -0.4 is 5.32 Å². The van der Waals surface area contributed by atoms with Gasteiger partial charge in [0.1, 0.15) is 6.10 Å². The van der Waals surface area contributed by atoms with E-state index in [1.807, 2.05) is 12.5 Å². The molecule has 1 saturated heterocycles. The zero-order valence-electron chi connectivity index (χ0n) is 13.5. The minimum Gasteiger partial charge on any atom is -0.369 e. The second-order valence-electron chi connectivity index (χ2n) is 6.05. The molecular weight excluding hydrogens is 262 g/mol. The normalized spacial score (nSPS) is 19.0. The first kappa shape index (κ1) is 16.5. The van der Waals surface area contributed by atoms with Gasteiger partial charge in [-0.15, -0.1) is 0 Å². The molecule has 0 aliphatic carbocycles. The standard InChI is InChI=1S/C17H31N3O/c1-2-3-4-5-6-7-8-9-11-20-15-19-13-16(20)17-14-18-10-12-21-17/h13,15,17-18H,2-12,14H2,1H3. The Morgan fingerprint density at radius 3 is 2.67 bits per heavy atom. The molecule has 1 atom stereocenters. The molecular formula is C17H31N3O. The third-order valence-corrected chi connectivity index (χ3v) is 4.25. The van der Waals surface area contributed by atoms with Crippen molar-refractivity contribution in [2.24, 2.45) is 0 Å². The van der Waals surface area contributed by atoms with Crippen LogP contribution in [0, 0.1) is 0 Å². The van der Waals surface area contributed by atoms with Crippen molar-refractivity contribution in [1.29, 1.82) is 0 Å². The fraction of sp³-hybridized carbons (Fsp3) is 0.824. The third-order valence-electron chi connectivity index (χ3n) is 4.25. The minimum absolute atomic E-state index is 0.176.